The zero-order valence-electron chi connectivity index (χ0n) is 18.0. The lowest BCUT2D eigenvalue weighted by Crippen LogP contribution is -2.23. The summed E-state index contributed by atoms with van der Waals surface area (Å²) in [5, 5.41) is 11.9. The van der Waals surface area contributed by atoms with Crippen LogP contribution in [-0.4, -0.2) is 25.8 Å². The van der Waals surface area contributed by atoms with Crippen LogP contribution < -0.4 is 5.32 Å². The molecule has 164 valence electrons. The molecule has 7 nitrogen and oxygen atoms in total. The van der Waals surface area contributed by atoms with Crippen molar-refractivity contribution in [2.24, 2.45) is 7.05 Å². The van der Waals surface area contributed by atoms with Crippen LogP contribution in [0.25, 0.3) is 33.6 Å². The van der Waals surface area contributed by atoms with Gasteiger partial charge in [0.1, 0.15) is 11.5 Å². The molecule has 0 fully saturated rings. The largest absolute Gasteiger partial charge is 0.348 e. The van der Waals surface area contributed by atoms with Crippen LogP contribution in [-0.2, 0) is 13.6 Å². The summed E-state index contributed by atoms with van der Waals surface area (Å²) in [4.78, 5) is 17.9. The summed E-state index contributed by atoms with van der Waals surface area (Å²) in [6.07, 6.45) is 1.73. The predicted octanol–water partition coefficient (Wildman–Crippen LogP) is 4.67. The van der Waals surface area contributed by atoms with Crippen molar-refractivity contribution >= 4 is 17.0 Å². The first-order valence-corrected chi connectivity index (χ1v) is 10.4. The van der Waals surface area contributed by atoms with Crippen molar-refractivity contribution in [3.8, 4) is 22.5 Å². The summed E-state index contributed by atoms with van der Waals surface area (Å²) in [5.41, 5.74) is 4.99. The molecule has 0 bridgehead atoms. The lowest BCUT2D eigenvalue weighted by atomic mass is 10.0. The zero-order chi connectivity index (χ0) is 22.9. The van der Waals surface area contributed by atoms with Gasteiger partial charge in [0.05, 0.1) is 22.8 Å². The van der Waals surface area contributed by atoms with Crippen LogP contribution in [0.5, 0.6) is 0 Å². The molecule has 3 heterocycles. The fourth-order valence-corrected chi connectivity index (χ4v) is 3.68. The highest BCUT2D eigenvalue weighted by Gasteiger charge is 2.22. The fraction of sp³-hybridized carbons (Fsp3) is 0.120. The summed E-state index contributed by atoms with van der Waals surface area (Å²) in [6.45, 7) is 2.26. The number of hydrogen-bond donors (Lipinski definition) is 1. The van der Waals surface area contributed by atoms with Crippen molar-refractivity contribution in [2.45, 2.75) is 13.5 Å². The maximum absolute atomic E-state index is 13.4. The van der Waals surface area contributed by atoms with Gasteiger partial charge in [-0.15, -0.1) is 0 Å². The van der Waals surface area contributed by atoms with E-state index < -0.39 is 0 Å². The van der Waals surface area contributed by atoms with E-state index in [-0.39, 0.29) is 17.4 Å². The van der Waals surface area contributed by atoms with Gasteiger partial charge in [0.2, 0.25) is 0 Å². The molecule has 33 heavy (non-hydrogen) atoms. The number of amides is 1. The number of fused-ring (bicyclic) bond motifs is 1. The molecule has 0 unspecified atom stereocenters. The van der Waals surface area contributed by atoms with E-state index >= 15 is 0 Å². The highest BCUT2D eigenvalue weighted by molar-refractivity contribution is 6.10. The first kappa shape index (κ1) is 20.6. The van der Waals surface area contributed by atoms with E-state index in [2.05, 4.69) is 20.6 Å². The zero-order valence-corrected chi connectivity index (χ0v) is 18.0. The molecule has 0 aliphatic rings. The maximum atomic E-state index is 13.4. The molecule has 0 saturated carbocycles. The SMILES string of the molecule is Cc1c(CNC(=O)c2cc(-c3ccc(F)cc3)nc3onc(-c4ccccc4)c23)cnn1C. The average Bonchev–Trinajstić information content (AvgIpc) is 3.41. The van der Waals surface area contributed by atoms with Crippen molar-refractivity contribution in [3.63, 3.8) is 0 Å². The van der Waals surface area contributed by atoms with Crippen LogP contribution in [0.15, 0.2) is 71.4 Å². The third kappa shape index (κ3) is 3.87. The van der Waals surface area contributed by atoms with Crippen molar-refractivity contribution in [1.82, 2.24) is 25.2 Å². The molecule has 1 N–H and O–H groups in total. The molecule has 5 aromatic rings. The summed E-state index contributed by atoms with van der Waals surface area (Å²) < 4.78 is 20.7. The molecule has 8 heteroatoms. The van der Waals surface area contributed by atoms with Crippen molar-refractivity contribution in [1.29, 1.82) is 0 Å². The Morgan fingerprint density at radius 1 is 1.09 bits per heavy atom. The molecular weight excluding hydrogens is 421 g/mol. The van der Waals surface area contributed by atoms with Gasteiger partial charge < -0.3 is 9.84 Å². The van der Waals surface area contributed by atoms with Crippen molar-refractivity contribution < 1.29 is 13.7 Å². The Kier molecular flexibility index (Phi) is 5.18. The Morgan fingerprint density at radius 3 is 2.55 bits per heavy atom. The quantitative estimate of drug-likeness (QED) is 0.428. The molecule has 1 amide bonds. The molecule has 0 radical (unpaired) electrons. The first-order valence-electron chi connectivity index (χ1n) is 10.4. The number of nitrogens with one attached hydrogen (secondary N) is 1. The normalized spacial score (nSPS) is 11.1. The van der Waals surface area contributed by atoms with Gasteiger partial charge in [0, 0.05) is 36.0 Å². The second kappa shape index (κ2) is 8.31. The van der Waals surface area contributed by atoms with E-state index in [1.807, 2.05) is 44.3 Å². The number of carbonyl (C=O) groups is 1. The first-order chi connectivity index (χ1) is 16.0. The topological polar surface area (TPSA) is 85.8 Å². The van der Waals surface area contributed by atoms with Gasteiger partial charge in [-0.25, -0.2) is 9.37 Å². The van der Waals surface area contributed by atoms with Crippen LogP contribution in [0.2, 0.25) is 0 Å². The number of carbonyl (C=O) groups excluding carboxylic acids is 1. The molecule has 0 aliphatic carbocycles. The standard InChI is InChI=1S/C25H20FN5O2/c1-15-18(14-28-31(15)2)13-27-24(32)20-12-21(16-8-10-19(26)11-9-16)29-25-22(20)23(30-33-25)17-6-4-3-5-7-17/h3-12,14H,13H2,1-2H3,(H,27,32). The number of halogens is 1. The molecule has 0 atom stereocenters. The molecule has 3 aromatic heterocycles. The number of benzene rings is 2. The van der Waals surface area contributed by atoms with Gasteiger partial charge in [-0.2, -0.15) is 5.10 Å². The predicted molar refractivity (Wildman–Crippen MR) is 122 cm³/mol. The van der Waals surface area contributed by atoms with E-state index in [0.717, 1.165) is 16.8 Å². The number of aromatic nitrogens is 4. The molecule has 0 saturated heterocycles. The van der Waals surface area contributed by atoms with Crippen LogP contribution in [0.4, 0.5) is 4.39 Å². The molecule has 0 aliphatic heterocycles. The van der Waals surface area contributed by atoms with Gasteiger partial charge in [-0.05, 0) is 37.3 Å². The van der Waals surface area contributed by atoms with Gasteiger partial charge in [0.25, 0.3) is 11.6 Å². The summed E-state index contributed by atoms with van der Waals surface area (Å²) in [5.74, 6) is -0.648. The Balaban J connectivity index is 1.61. The van der Waals surface area contributed by atoms with E-state index in [4.69, 9.17) is 4.52 Å². The summed E-state index contributed by atoms with van der Waals surface area (Å²) in [6, 6.07) is 17.1. The number of aryl methyl sites for hydroxylation is 1. The van der Waals surface area contributed by atoms with Crippen LogP contribution in [0.1, 0.15) is 21.6 Å². The minimum absolute atomic E-state index is 0.235. The summed E-state index contributed by atoms with van der Waals surface area (Å²) in [7, 11) is 1.85. The molecule has 0 spiro atoms. The minimum atomic E-state index is -0.351. The third-order valence-corrected chi connectivity index (χ3v) is 5.65. The third-order valence-electron chi connectivity index (χ3n) is 5.65. The van der Waals surface area contributed by atoms with Crippen molar-refractivity contribution in [3.05, 3.63) is 89.5 Å². The maximum Gasteiger partial charge on any atom is 0.259 e. The van der Waals surface area contributed by atoms with Crippen LogP contribution in [0, 0.1) is 12.7 Å². The van der Waals surface area contributed by atoms with Crippen LogP contribution >= 0.6 is 0 Å². The fourth-order valence-electron chi connectivity index (χ4n) is 3.68. The van der Waals surface area contributed by atoms with E-state index in [0.29, 0.717) is 34.4 Å². The average molecular weight is 441 g/mol. The van der Waals surface area contributed by atoms with Gasteiger partial charge in [-0.1, -0.05) is 35.5 Å². The minimum Gasteiger partial charge on any atom is -0.348 e. The number of rotatable bonds is 5. The van der Waals surface area contributed by atoms with Gasteiger partial charge >= 0.3 is 0 Å². The molecule has 2 aromatic carbocycles. The Morgan fingerprint density at radius 2 is 1.85 bits per heavy atom. The number of hydrogen-bond acceptors (Lipinski definition) is 5. The van der Waals surface area contributed by atoms with E-state index in [1.165, 1.54) is 12.1 Å². The Labute approximate surface area is 188 Å². The van der Waals surface area contributed by atoms with E-state index in [9.17, 15) is 9.18 Å². The van der Waals surface area contributed by atoms with Crippen LogP contribution in [0.3, 0.4) is 0 Å². The monoisotopic (exact) mass is 441 g/mol. The van der Waals surface area contributed by atoms with E-state index in [1.54, 1.807) is 29.1 Å². The second-order valence-corrected chi connectivity index (χ2v) is 7.70. The van der Waals surface area contributed by atoms with Gasteiger partial charge in [0.15, 0.2) is 0 Å². The number of nitrogens with zero attached hydrogens (tertiary/aromatic N) is 4. The highest BCUT2D eigenvalue weighted by atomic mass is 19.1. The lowest BCUT2D eigenvalue weighted by molar-refractivity contribution is 0.0952. The molecular formula is C25H20FN5O2. The second-order valence-electron chi connectivity index (χ2n) is 7.70. The Hall–Kier alpha value is -4.33. The Bertz CT molecular complexity index is 1460. The molecule has 5 rings (SSSR count). The number of pyridine rings is 1. The highest BCUT2D eigenvalue weighted by Crippen LogP contribution is 2.32. The summed E-state index contributed by atoms with van der Waals surface area (Å²) >= 11 is 0. The lowest BCUT2D eigenvalue weighted by Gasteiger charge is -2.09. The smallest absolute Gasteiger partial charge is 0.259 e. The van der Waals surface area contributed by atoms with Gasteiger partial charge in [-0.3, -0.25) is 9.48 Å². The van der Waals surface area contributed by atoms with Crippen molar-refractivity contribution in [2.75, 3.05) is 0 Å².